The normalized spacial score (nSPS) is 10.5. The molecule has 0 aliphatic heterocycles. The van der Waals surface area contributed by atoms with Crippen molar-refractivity contribution in [1.29, 1.82) is 0 Å². The van der Waals surface area contributed by atoms with Gasteiger partial charge in [-0.15, -0.1) is 0 Å². The first kappa shape index (κ1) is 14.8. The van der Waals surface area contributed by atoms with Gasteiger partial charge in [0.2, 0.25) is 0 Å². The number of carbonyl (C=O) groups excluding carboxylic acids is 1. The van der Waals surface area contributed by atoms with E-state index in [9.17, 15) is 9.59 Å². The van der Waals surface area contributed by atoms with Crippen LogP contribution in [-0.4, -0.2) is 32.4 Å². The molecule has 0 spiro atoms. The first-order chi connectivity index (χ1) is 9.49. The highest BCUT2D eigenvalue weighted by atomic mass is 35.5. The molecular weight excluding hydrogens is 327 g/mol. The molecule has 0 aliphatic rings. The Morgan fingerprint density at radius 3 is 2.65 bits per heavy atom. The molecule has 2 aromatic rings. The van der Waals surface area contributed by atoms with Crippen LogP contribution in [0.4, 0.5) is 10.5 Å². The van der Waals surface area contributed by atoms with E-state index in [4.69, 9.17) is 28.3 Å². The molecule has 0 unspecified atom stereocenters. The van der Waals surface area contributed by atoms with Gasteiger partial charge in [-0.2, -0.15) is 8.75 Å². The summed E-state index contributed by atoms with van der Waals surface area (Å²) in [5, 5.41) is 14.0. The van der Waals surface area contributed by atoms with Gasteiger partial charge in [0, 0.05) is 6.54 Å². The number of hydrogen-bond acceptors (Lipinski definition) is 5. The molecular formula is C10H8Cl2N4O3S. The molecule has 106 valence electrons. The number of carbonyl (C=O) groups is 2. The molecule has 3 N–H and O–H groups in total. The third-order valence-electron chi connectivity index (χ3n) is 2.31. The molecule has 0 atom stereocenters. The lowest BCUT2D eigenvalue weighted by Gasteiger charge is -2.09. The van der Waals surface area contributed by atoms with E-state index in [1.54, 1.807) is 0 Å². The first-order valence-electron chi connectivity index (χ1n) is 5.36. The van der Waals surface area contributed by atoms with Crippen molar-refractivity contribution in [2.75, 3.05) is 11.9 Å². The number of hydrogen-bond donors (Lipinski definition) is 3. The molecule has 2 amide bonds. The second-order valence-corrected chi connectivity index (χ2v) is 5.04. The Kier molecular flexibility index (Phi) is 4.58. The summed E-state index contributed by atoms with van der Waals surface area (Å²) in [7, 11) is 0. The molecule has 10 heteroatoms. The molecule has 1 heterocycles. The fraction of sp³-hybridized carbons (Fsp3) is 0.200. The summed E-state index contributed by atoms with van der Waals surface area (Å²) >= 11 is 12.9. The Labute approximate surface area is 127 Å². The predicted octanol–water partition coefficient (Wildman–Crippen LogP) is 2.59. The highest BCUT2D eigenvalue weighted by Gasteiger charge is 2.16. The fourth-order valence-electron chi connectivity index (χ4n) is 1.43. The quantitative estimate of drug-likeness (QED) is 0.797. The number of benzene rings is 1. The van der Waals surface area contributed by atoms with Crippen LogP contribution in [0, 0.1) is 0 Å². The second kappa shape index (κ2) is 6.21. The molecule has 1 aromatic heterocycles. The van der Waals surface area contributed by atoms with Crippen molar-refractivity contribution >= 4 is 63.7 Å². The van der Waals surface area contributed by atoms with E-state index >= 15 is 0 Å². The van der Waals surface area contributed by atoms with Gasteiger partial charge in [-0.3, -0.25) is 4.79 Å². The number of urea groups is 1. The molecule has 0 saturated carbocycles. The number of anilines is 1. The van der Waals surface area contributed by atoms with Crippen LogP contribution in [0.2, 0.25) is 10.0 Å². The zero-order valence-corrected chi connectivity index (χ0v) is 12.1. The van der Waals surface area contributed by atoms with Gasteiger partial charge >= 0.3 is 12.0 Å². The van der Waals surface area contributed by atoms with Gasteiger partial charge < -0.3 is 15.7 Å². The van der Waals surface area contributed by atoms with Crippen LogP contribution in [0.1, 0.15) is 6.42 Å². The van der Waals surface area contributed by atoms with Crippen LogP contribution in [-0.2, 0) is 4.79 Å². The number of nitrogens with zero attached hydrogens (tertiary/aromatic N) is 2. The van der Waals surface area contributed by atoms with Gasteiger partial charge in [0.15, 0.2) is 0 Å². The van der Waals surface area contributed by atoms with E-state index in [0.29, 0.717) is 16.1 Å². The van der Waals surface area contributed by atoms with Crippen LogP contribution in [0.25, 0.3) is 11.0 Å². The minimum absolute atomic E-state index is 0.00480. The molecule has 2 rings (SSSR count). The number of amides is 2. The monoisotopic (exact) mass is 334 g/mol. The van der Waals surface area contributed by atoms with E-state index in [1.807, 2.05) is 0 Å². The summed E-state index contributed by atoms with van der Waals surface area (Å²) in [5.74, 6) is -0.999. The molecule has 1 aromatic carbocycles. The first-order valence-corrected chi connectivity index (χ1v) is 6.84. The van der Waals surface area contributed by atoms with Crippen LogP contribution < -0.4 is 10.6 Å². The third-order valence-corrected chi connectivity index (χ3v) is 3.42. The maximum Gasteiger partial charge on any atom is 0.319 e. The predicted molar refractivity (Wildman–Crippen MR) is 76.7 cm³/mol. The molecule has 0 fully saturated rings. The van der Waals surface area contributed by atoms with Gasteiger partial charge in [-0.1, -0.05) is 23.2 Å². The zero-order chi connectivity index (χ0) is 14.7. The van der Waals surface area contributed by atoms with Gasteiger partial charge in [-0.05, 0) is 6.07 Å². The summed E-state index contributed by atoms with van der Waals surface area (Å²) in [5.41, 5.74) is 1.12. The summed E-state index contributed by atoms with van der Waals surface area (Å²) in [6.07, 6.45) is -0.171. The van der Waals surface area contributed by atoms with E-state index < -0.39 is 12.0 Å². The van der Waals surface area contributed by atoms with Gasteiger partial charge in [-0.25, -0.2) is 4.79 Å². The largest absolute Gasteiger partial charge is 0.481 e. The number of aliphatic carboxylic acids is 1. The molecule has 0 bridgehead atoms. The van der Waals surface area contributed by atoms with Crippen LogP contribution in [0.3, 0.4) is 0 Å². The summed E-state index contributed by atoms with van der Waals surface area (Å²) < 4.78 is 8.03. The average molecular weight is 335 g/mol. The standard InChI is InChI=1S/C10H8Cl2N4O3S/c11-4-3-5(12)8-9(16-20-15-8)7(4)14-10(19)13-2-1-6(17)18/h3H,1-2H2,(H,17,18)(H2,13,14,19). The minimum atomic E-state index is -0.999. The van der Waals surface area contributed by atoms with Crippen LogP contribution in [0.15, 0.2) is 6.07 Å². The molecule has 7 nitrogen and oxygen atoms in total. The summed E-state index contributed by atoms with van der Waals surface area (Å²) in [6, 6.07) is 0.879. The van der Waals surface area contributed by atoms with Crippen molar-refractivity contribution in [2.45, 2.75) is 6.42 Å². The Bertz CT molecular complexity index is 676. The summed E-state index contributed by atoms with van der Waals surface area (Å²) in [4.78, 5) is 22.0. The van der Waals surface area contributed by atoms with Crippen molar-refractivity contribution in [2.24, 2.45) is 0 Å². The highest BCUT2D eigenvalue weighted by molar-refractivity contribution is 7.00. The lowest BCUT2D eigenvalue weighted by Crippen LogP contribution is -2.30. The molecule has 0 aliphatic carbocycles. The minimum Gasteiger partial charge on any atom is -0.481 e. The van der Waals surface area contributed by atoms with Crippen molar-refractivity contribution in [3.8, 4) is 0 Å². The van der Waals surface area contributed by atoms with Crippen molar-refractivity contribution < 1.29 is 14.7 Å². The number of halogens is 2. The Balaban J connectivity index is 2.15. The zero-order valence-electron chi connectivity index (χ0n) is 9.81. The average Bonchev–Trinajstić information content (AvgIpc) is 2.83. The smallest absolute Gasteiger partial charge is 0.319 e. The maximum atomic E-state index is 11.6. The molecule has 20 heavy (non-hydrogen) atoms. The van der Waals surface area contributed by atoms with Crippen molar-refractivity contribution in [3.63, 3.8) is 0 Å². The third kappa shape index (κ3) is 3.27. The number of rotatable bonds is 4. The molecule has 0 saturated heterocycles. The van der Waals surface area contributed by atoms with E-state index in [-0.39, 0.29) is 23.7 Å². The Hall–Kier alpha value is -1.64. The fourth-order valence-corrected chi connectivity index (χ4v) is 2.59. The number of nitrogens with one attached hydrogen (secondary N) is 2. The van der Waals surface area contributed by atoms with E-state index in [2.05, 4.69) is 19.4 Å². The van der Waals surface area contributed by atoms with Crippen LogP contribution >= 0.6 is 34.9 Å². The second-order valence-electron chi connectivity index (χ2n) is 3.70. The Morgan fingerprint density at radius 1 is 1.25 bits per heavy atom. The maximum absolute atomic E-state index is 11.6. The number of carboxylic acids is 1. The lowest BCUT2D eigenvalue weighted by molar-refractivity contribution is -0.136. The topological polar surface area (TPSA) is 104 Å². The number of carboxylic acid groups (broad SMARTS) is 1. The Morgan fingerprint density at radius 2 is 1.95 bits per heavy atom. The summed E-state index contributed by atoms with van der Waals surface area (Å²) in [6.45, 7) is 0.00480. The lowest BCUT2D eigenvalue weighted by atomic mass is 10.2. The van der Waals surface area contributed by atoms with Crippen molar-refractivity contribution in [1.82, 2.24) is 14.1 Å². The van der Waals surface area contributed by atoms with Gasteiger partial charge in [0.05, 0.1) is 33.9 Å². The van der Waals surface area contributed by atoms with Crippen LogP contribution in [0.5, 0.6) is 0 Å². The van der Waals surface area contributed by atoms with E-state index in [0.717, 1.165) is 11.7 Å². The highest BCUT2D eigenvalue weighted by Crippen LogP contribution is 2.35. The number of aromatic nitrogens is 2. The molecule has 0 radical (unpaired) electrons. The van der Waals surface area contributed by atoms with E-state index in [1.165, 1.54) is 6.07 Å². The SMILES string of the molecule is O=C(O)CCNC(=O)Nc1c(Cl)cc(Cl)c2nsnc12. The number of fused-ring (bicyclic) bond motifs is 1. The van der Waals surface area contributed by atoms with Gasteiger partial charge in [0.25, 0.3) is 0 Å². The van der Waals surface area contributed by atoms with Gasteiger partial charge in [0.1, 0.15) is 11.0 Å². The van der Waals surface area contributed by atoms with Crippen molar-refractivity contribution in [3.05, 3.63) is 16.1 Å².